The first-order valence-corrected chi connectivity index (χ1v) is 7.83. The molecule has 1 rings (SSSR count). The highest BCUT2D eigenvalue weighted by Crippen LogP contribution is 2.17. The standard InChI is InChI=1S/C14H20O5S/c1-3-13(14(15)16)20(17)10-4-9-19-12-7-5-11(18-2)6-8-12/h5-8,13H,3-4,9-10H2,1-2H3,(H,15,16). The van der Waals surface area contributed by atoms with Gasteiger partial charge in [-0.1, -0.05) is 6.92 Å². The van der Waals surface area contributed by atoms with E-state index in [1.807, 2.05) is 0 Å². The van der Waals surface area contributed by atoms with Crippen LogP contribution in [0.2, 0.25) is 0 Å². The summed E-state index contributed by atoms with van der Waals surface area (Å²) in [6.07, 6.45) is 0.934. The van der Waals surface area contributed by atoms with Crippen molar-refractivity contribution in [1.82, 2.24) is 0 Å². The zero-order chi connectivity index (χ0) is 15.0. The molecular formula is C14H20O5S. The largest absolute Gasteiger partial charge is 0.497 e. The molecule has 0 saturated heterocycles. The molecule has 0 bridgehead atoms. The molecule has 0 fully saturated rings. The van der Waals surface area contributed by atoms with Crippen molar-refractivity contribution in [2.24, 2.45) is 0 Å². The lowest BCUT2D eigenvalue weighted by Gasteiger charge is -2.10. The molecule has 0 heterocycles. The maximum atomic E-state index is 11.8. The number of methoxy groups -OCH3 is 1. The van der Waals surface area contributed by atoms with E-state index in [9.17, 15) is 9.00 Å². The van der Waals surface area contributed by atoms with E-state index in [2.05, 4.69) is 0 Å². The van der Waals surface area contributed by atoms with E-state index in [0.717, 1.165) is 5.75 Å². The Morgan fingerprint density at radius 3 is 2.40 bits per heavy atom. The van der Waals surface area contributed by atoms with E-state index in [1.54, 1.807) is 38.3 Å². The van der Waals surface area contributed by atoms with Crippen LogP contribution < -0.4 is 9.47 Å². The number of carboxylic acid groups (broad SMARTS) is 1. The van der Waals surface area contributed by atoms with Crippen LogP contribution in [0.25, 0.3) is 0 Å². The Bertz CT molecular complexity index is 443. The van der Waals surface area contributed by atoms with Gasteiger partial charge >= 0.3 is 5.97 Å². The van der Waals surface area contributed by atoms with Crippen molar-refractivity contribution >= 4 is 16.8 Å². The zero-order valence-corrected chi connectivity index (χ0v) is 12.5. The summed E-state index contributed by atoms with van der Waals surface area (Å²) in [6.45, 7) is 2.14. The molecule has 0 saturated carbocycles. The Balaban J connectivity index is 2.30. The van der Waals surface area contributed by atoms with Gasteiger partial charge in [0.25, 0.3) is 0 Å². The van der Waals surface area contributed by atoms with Gasteiger partial charge in [0.15, 0.2) is 0 Å². The monoisotopic (exact) mass is 300 g/mol. The van der Waals surface area contributed by atoms with E-state index < -0.39 is 22.0 Å². The second-order valence-electron chi connectivity index (χ2n) is 4.20. The first-order chi connectivity index (χ1) is 9.58. The number of carboxylic acids is 1. The summed E-state index contributed by atoms with van der Waals surface area (Å²) in [4.78, 5) is 10.9. The summed E-state index contributed by atoms with van der Waals surface area (Å²) in [6, 6.07) is 7.18. The van der Waals surface area contributed by atoms with E-state index in [4.69, 9.17) is 14.6 Å². The quantitative estimate of drug-likeness (QED) is 0.707. The molecule has 20 heavy (non-hydrogen) atoms. The molecule has 0 aliphatic carbocycles. The molecule has 2 atom stereocenters. The van der Waals surface area contributed by atoms with Crippen molar-refractivity contribution in [3.05, 3.63) is 24.3 Å². The van der Waals surface area contributed by atoms with Crippen molar-refractivity contribution in [2.75, 3.05) is 19.5 Å². The second kappa shape index (κ2) is 8.58. The number of rotatable bonds is 9. The van der Waals surface area contributed by atoms with Crippen molar-refractivity contribution in [3.8, 4) is 11.5 Å². The molecule has 0 aliphatic rings. The molecule has 0 aromatic heterocycles. The average Bonchev–Trinajstić information content (AvgIpc) is 2.44. The van der Waals surface area contributed by atoms with Gasteiger partial charge in [-0.2, -0.15) is 0 Å². The smallest absolute Gasteiger partial charge is 0.319 e. The SMILES string of the molecule is CCC(C(=O)O)S(=O)CCCOc1ccc(OC)cc1. The fraction of sp³-hybridized carbons (Fsp3) is 0.500. The minimum absolute atomic E-state index is 0.334. The number of aliphatic carboxylic acids is 1. The molecule has 112 valence electrons. The molecule has 0 amide bonds. The summed E-state index contributed by atoms with van der Waals surface area (Å²) in [5.41, 5.74) is 0. The average molecular weight is 300 g/mol. The topological polar surface area (TPSA) is 72.8 Å². The Hall–Kier alpha value is -1.56. The first-order valence-electron chi connectivity index (χ1n) is 6.45. The van der Waals surface area contributed by atoms with Gasteiger partial charge in [0, 0.05) is 16.6 Å². The lowest BCUT2D eigenvalue weighted by atomic mass is 10.3. The van der Waals surface area contributed by atoms with Crippen LogP contribution in [0.4, 0.5) is 0 Å². The lowest BCUT2D eigenvalue weighted by molar-refractivity contribution is -0.136. The maximum absolute atomic E-state index is 11.8. The fourth-order valence-corrected chi connectivity index (χ4v) is 2.96. The fourth-order valence-electron chi connectivity index (χ4n) is 1.68. The van der Waals surface area contributed by atoms with Crippen LogP contribution in [-0.2, 0) is 15.6 Å². The van der Waals surface area contributed by atoms with Crippen LogP contribution in [0.3, 0.4) is 0 Å². The van der Waals surface area contributed by atoms with Crippen molar-refractivity contribution in [2.45, 2.75) is 25.0 Å². The number of hydrogen-bond acceptors (Lipinski definition) is 4. The molecule has 0 aliphatic heterocycles. The van der Waals surface area contributed by atoms with Gasteiger partial charge in [-0.3, -0.25) is 9.00 Å². The summed E-state index contributed by atoms with van der Waals surface area (Å²) >= 11 is 0. The van der Waals surface area contributed by atoms with Crippen molar-refractivity contribution in [3.63, 3.8) is 0 Å². The van der Waals surface area contributed by atoms with Gasteiger partial charge in [-0.05, 0) is 37.1 Å². The van der Waals surface area contributed by atoms with E-state index >= 15 is 0 Å². The molecule has 5 nitrogen and oxygen atoms in total. The van der Waals surface area contributed by atoms with Gasteiger partial charge < -0.3 is 14.6 Å². The molecule has 1 aromatic carbocycles. The van der Waals surface area contributed by atoms with Crippen LogP contribution in [0.1, 0.15) is 19.8 Å². The number of hydrogen-bond donors (Lipinski definition) is 1. The van der Waals surface area contributed by atoms with Crippen LogP contribution in [0, 0.1) is 0 Å². The Kier molecular flexibility index (Phi) is 7.08. The third-order valence-corrected chi connectivity index (χ3v) is 4.64. The van der Waals surface area contributed by atoms with E-state index in [-0.39, 0.29) is 0 Å². The highest BCUT2D eigenvalue weighted by molar-refractivity contribution is 7.86. The van der Waals surface area contributed by atoms with Gasteiger partial charge in [0.05, 0.1) is 13.7 Å². The molecule has 0 radical (unpaired) electrons. The van der Waals surface area contributed by atoms with Crippen molar-refractivity contribution in [1.29, 1.82) is 0 Å². The summed E-state index contributed by atoms with van der Waals surface area (Å²) in [7, 11) is 0.245. The van der Waals surface area contributed by atoms with Gasteiger partial charge in [-0.15, -0.1) is 0 Å². The highest BCUT2D eigenvalue weighted by atomic mass is 32.2. The molecular weight excluding hydrogens is 280 g/mol. The van der Waals surface area contributed by atoms with Crippen LogP contribution in [-0.4, -0.2) is 40.0 Å². The minimum atomic E-state index is -1.35. The van der Waals surface area contributed by atoms with E-state index in [1.165, 1.54) is 0 Å². The lowest BCUT2D eigenvalue weighted by Crippen LogP contribution is -2.26. The number of carbonyl (C=O) groups is 1. The van der Waals surface area contributed by atoms with E-state index in [0.29, 0.717) is 31.0 Å². The zero-order valence-electron chi connectivity index (χ0n) is 11.7. The van der Waals surface area contributed by atoms with Crippen LogP contribution in [0.5, 0.6) is 11.5 Å². The molecule has 0 spiro atoms. The second-order valence-corrected chi connectivity index (χ2v) is 5.94. The highest BCUT2D eigenvalue weighted by Gasteiger charge is 2.21. The normalized spacial score (nSPS) is 13.5. The first kappa shape index (κ1) is 16.5. The third kappa shape index (κ3) is 5.21. The molecule has 1 aromatic rings. The van der Waals surface area contributed by atoms with Crippen molar-refractivity contribution < 1.29 is 23.6 Å². The Morgan fingerprint density at radius 1 is 1.30 bits per heavy atom. The molecule has 1 N–H and O–H groups in total. The predicted octanol–water partition coefficient (Wildman–Crippen LogP) is 2.08. The predicted molar refractivity (Wildman–Crippen MR) is 77.8 cm³/mol. The van der Waals surface area contributed by atoms with Gasteiger partial charge in [0.2, 0.25) is 0 Å². The summed E-state index contributed by atoms with van der Waals surface area (Å²) < 4.78 is 22.3. The Labute approximate surface area is 121 Å². The van der Waals surface area contributed by atoms with Crippen LogP contribution >= 0.6 is 0 Å². The van der Waals surface area contributed by atoms with Crippen LogP contribution in [0.15, 0.2) is 24.3 Å². The number of benzene rings is 1. The summed E-state index contributed by atoms with van der Waals surface area (Å²) in [5, 5.41) is 8.11. The van der Waals surface area contributed by atoms with Gasteiger partial charge in [0.1, 0.15) is 16.7 Å². The third-order valence-electron chi connectivity index (χ3n) is 2.78. The molecule has 6 heteroatoms. The maximum Gasteiger partial charge on any atom is 0.319 e. The van der Waals surface area contributed by atoms with Gasteiger partial charge in [-0.25, -0.2) is 0 Å². The Morgan fingerprint density at radius 2 is 1.90 bits per heavy atom. The minimum Gasteiger partial charge on any atom is -0.497 e. The molecule has 2 unspecified atom stereocenters. The summed E-state index contributed by atoms with van der Waals surface area (Å²) in [5.74, 6) is 0.801. The number of ether oxygens (including phenoxy) is 2.